The molecular weight excluding hydrogens is 118 g/mol. The third-order valence-corrected chi connectivity index (χ3v) is 1.15. The summed E-state index contributed by atoms with van der Waals surface area (Å²) in [5.41, 5.74) is 2.74. The molecule has 0 fully saturated rings. The van der Waals surface area contributed by atoms with Gasteiger partial charge in [-0.1, -0.05) is 0 Å². The summed E-state index contributed by atoms with van der Waals surface area (Å²) in [6, 6.07) is 1.82. The molecule has 0 radical (unpaired) electrons. The quantitative estimate of drug-likeness (QED) is 0.477. The molecule has 0 spiro atoms. The average molecular weight is 123 g/mol. The predicted octanol–water partition coefficient (Wildman–Crippen LogP) is -0.368. The maximum absolute atomic E-state index is 10.6. The fourth-order valence-electron chi connectivity index (χ4n) is 0.614. The van der Waals surface area contributed by atoms with Crippen LogP contribution in [-0.2, 0) is 4.79 Å². The van der Waals surface area contributed by atoms with E-state index in [1.807, 2.05) is 6.07 Å². The number of rotatable bonds is 0. The zero-order valence-electron chi connectivity index (χ0n) is 4.88. The molecule has 0 aromatic heterocycles. The Kier molecular flexibility index (Phi) is 1.19. The fourth-order valence-corrected chi connectivity index (χ4v) is 0.614. The van der Waals surface area contributed by atoms with Gasteiger partial charge in [0, 0.05) is 0 Å². The molecule has 4 nitrogen and oxygen atoms in total. The van der Waals surface area contributed by atoms with Gasteiger partial charge in [0.2, 0.25) is 0 Å². The van der Waals surface area contributed by atoms with Crippen molar-refractivity contribution >= 4 is 11.6 Å². The average Bonchev–Trinajstić information content (AvgIpc) is 2.12. The minimum absolute atomic E-state index is 0.324. The highest BCUT2D eigenvalue weighted by atomic mass is 16.2. The Labute approximate surface area is 52.2 Å². The van der Waals surface area contributed by atoms with Crippen molar-refractivity contribution in [2.75, 3.05) is 0 Å². The summed E-state index contributed by atoms with van der Waals surface area (Å²) in [5.74, 6) is -0.986. The number of hydrazone groups is 1. The van der Waals surface area contributed by atoms with Crippen LogP contribution in [0.1, 0.15) is 6.92 Å². The first kappa shape index (κ1) is 5.76. The molecule has 0 bridgehead atoms. The van der Waals surface area contributed by atoms with Crippen LogP contribution in [0.3, 0.4) is 0 Å². The van der Waals surface area contributed by atoms with Crippen LogP contribution < -0.4 is 5.43 Å². The van der Waals surface area contributed by atoms with Gasteiger partial charge in [0.15, 0.2) is 5.92 Å². The minimum atomic E-state index is -0.662. The SMILES string of the molecule is CC1=NNC(=O)C1C#N. The molecule has 1 rings (SSSR count). The van der Waals surface area contributed by atoms with Crippen molar-refractivity contribution in [3.8, 4) is 6.07 Å². The van der Waals surface area contributed by atoms with Crippen LogP contribution in [0.15, 0.2) is 5.10 Å². The third kappa shape index (κ3) is 0.765. The Morgan fingerprint density at radius 3 is 2.78 bits per heavy atom. The molecule has 0 aliphatic carbocycles. The predicted molar refractivity (Wildman–Crippen MR) is 30.4 cm³/mol. The van der Waals surface area contributed by atoms with Crippen molar-refractivity contribution in [1.82, 2.24) is 5.43 Å². The van der Waals surface area contributed by atoms with Crippen molar-refractivity contribution in [2.45, 2.75) is 6.92 Å². The Bertz CT molecular complexity index is 213. The third-order valence-electron chi connectivity index (χ3n) is 1.15. The summed E-state index contributed by atoms with van der Waals surface area (Å²) < 4.78 is 0. The van der Waals surface area contributed by atoms with Gasteiger partial charge in [-0.3, -0.25) is 4.79 Å². The summed E-state index contributed by atoms with van der Waals surface area (Å²) in [6.07, 6.45) is 0. The van der Waals surface area contributed by atoms with Crippen LogP contribution in [0.4, 0.5) is 0 Å². The fraction of sp³-hybridized carbons (Fsp3) is 0.400. The number of nitriles is 1. The Balaban J connectivity index is 2.83. The normalized spacial score (nSPS) is 24.7. The van der Waals surface area contributed by atoms with Crippen molar-refractivity contribution in [3.05, 3.63) is 0 Å². The van der Waals surface area contributed by atoms with E-state index >= 15 is 0 Å². The maximum atomic E-state index is 10.6. The molecule has 1 aliphatic rings. The minimum Gasteiger partial charge on any atom is -0.271 e. The van der Waals surface area contributed by atoms with Crippen LogP contribution in [0.25, 0.3) is 0 Å². The molecule has 0 saturated heterocycles. The van der Waals surface area contributed by atoms with Gasteiger partial charge in [-0.15, -0.1) is 0 Å². The van der Waals surface area contributed by atoms with Crippen LogP contribution >= 0.6 is 0 Å². The zero-order valence-corrected chi connectivity index (χ0v) is 4.88. The number of hydrogen-bond donors (Lipinski definition) is 1. The summed E-state index contributed by atoms with van der Waals surface area (Å²) in [5, 5.41) is 11.9. The molecule has 1 N–H and O–H groups in total. The van der Waals surface area contributed by atoms with E-state index in [0.717, 1.165) is 0 Å². The van der Waals surface area contributed by atoms with E-state index < -0.39 is 5.92 Å². The van der Waals surface area contributed by atoms with Gasteiger partial charge in [-0.25, -0.2) is 5.43 Å². The van der Waals surface area contributed by atoms with E-state index in [1.54, 1.807) is 6.92 Å². The molecule has 0 aromatic carbocycles. The molecule has 1 atom stereocenters. The second kappa shape index (κ2) is 1.86. The van der Waals surface area contributed by atoms with Crippen LogP contribution in [0.2, 0.25) is 0 Å². The highest BCUT2D eigenvalue weighted by Crippen LogP contribution is 2.03. The lowest BCUT2D eigenvalue weighted by Gasteiger charge is -1.90. The van der Waals surface area contributed by atoms with Crippen LogP contribution in [0.5, 0.6) is 0 Å². The maximum Gasteiger partial charge on any atom is 0.263 e. The standard InChI is InChI=1S/C5H5N3O/c1-3-4(2-6)5(9)8-7-3/h4H,1H3,(H,8,9). The first-order valence-corrected chi connectivity index (χ1v) is 2.49. The summed E-state index contributed by atoms with van der Waals surface area (Å²) in [4.78, 5) is 10.6. The lowest BCUT2D eigenvalue weighted by molar-refractivity contribution is -0.120. The topological polar surface area (TPSA) is 65.2 Å². The van der Waals surface area contributed by atoms with Crippen molar-refractivity contribution < 1.29 is 4.79 Å². The summed E-state index contributed by atoms with van der Waals surface area (Å²) in [6.45, 7) is 1.64. The second-order valence-electron chi connectivity index (χ2n) is 1.79. The van der Waals surface area contributed by atoms with Crippen LogP contribution in [0, 0.1) is 17.2 Å². The zero-order chi connectivity index (χ0) is 6.85. The van der Waals surface area contributed by atoms with Gasteiger partial charge in [0.05, 0.1) is 11.8 Å². The first-order chi connectivity index (χ1) is 4.25. The monoisotopic (exact) mass is 123 g/mol. The number of carbonyl (C=O) groups excluding carboxylic acids is 1. The van der Waals surface area contributed by atoms with Gasteiger partial charge < -0.3 is 0 Å². The van der Waals surface area contributed by atoms with Gasteiger partial charge in [-0.05, 0) is 6.92 Å². The van der Waals surface area contributed by atoms with E-state index in [9.17, 15) is 4.79 Å². The number of nitrogens with one attached hydrogen (secondary N) is 1. The van der Waals surface area contributed by atoms with Gasteiger partial charge >= 0.3 is 0 Å². The van der Waals surface area contributed by atoms with E-state index in [2.05, 4.69) is 10.5 Å². The molecule has 0 saturated carbocycles. The largest absolute Gasteiger partial charge is 0.271 e. The smallest absolute Gasteiger partial charge is 0.263 e. The molecule has 1 amide bonds. The number of amides is 1. The molecule has 9 heavy (non-hydrogen) atoms. The van der Waals surface area contributed by atoms with Crippen molar-refractivity contribution in [3.63, 3.8) is 0 Å². The molecule has 4 heteroatoms. The molecule has 1 heterocycles. The van der Waals surface area contributed by atoms with Crippen molar-refractivity contribution in [2.24, 2.45) is 11.0 Å². The number of nitrogens with zero attached hydrogens (tertiary/aromatic N) is 2. The molecular formula is C5H5N3O. The Hall–Kier alpha value is -1.37. The number of hydrogen-bond acceptors (Lipinski definition) is 3. The molecule has 46 valence electrons. The first-order valence-electron chi connectivity index (χ1n) is 2.49. The Morgan fingerprint density at radius 2 is 2.56 bits per heavy atom. The Morgan fingerprint density at radius 1 is 1.89 bits per heavy atom. The highest BCUT2D eigenvalue weighted by molar-refractivity contribution is 6.09. The highest BCUT2D eigenvalue weighted by Gasteiger charge is 2.25. The van der Waals surface area contributed by atoms with E-state index in [1.165, 1.54) is 0 Å². The van der Waals surface area contributed by atoms with E-state index in [0.29, 0.717) is 5.71 Å². The van der Waals surface area contributed by atoms with Gasteiger partial charge in [0.25, 0.3) is 5.91 Å². The van der Waals surface area contributed by atoms with Gasteiger partial charge in [-0.2, -0.15) is 10.4 Å². The summed E-state index contributed by atoms with van der Waals surface area (Å²) >= 11 is 0. The lowest BCUT2D eigenvalue weighted by atomic mass is 10.1. The molecule has 1 unspecified atom stereocenters. The summed E-state index contributed by atoms with van der Waals surface area (Å²) in [7, 11) is 0. The van der Waals surface area contributed by atoms with Crippen molar-refractivity contribution in [1.29, 1.82) is 5.26 Å². The van der Waals surface area contributed by atoms with Crippen LogP contribution in [-0.4, -0.2) is 11.6 Å². The van der Waals surface area contributed by atoms with E-state index in [4.69, 9.17) is 5.26 Å². The number of carbonyl (C=O) groups is 1. The molecule has 1 aliphatic heterocycles. The van der Waals surface area contributed by atoms with E-state index in [-0.39, 0.29) is 5.91 Å². The second-order valence-corrected chi connectivity index (χ2v) is 1.79. The van der Waals surface area contributed by atoms with Gasteiger partial charge in [0.1, 0.15) is 0 Å². The molecule has 0 aromatic rings. The lowest BCUT2D eigenvalue weighted by Crippen LogP contribution is -2.20.